The van der Waals surface area contributed by atoms with Gasteiger partial charge < -0.3 is 25.5 Å². The first-order valence-corrected chi connectivity index (χ1v) is 13.4. The number of nitrogen functional groups attached to an aromatic ring is 1. The van der Waals surface area contributed by atoms with Gasteiger partial charge in [-0.25, -0.2) is 19.0 Å². The van der Waals surface area contributed by atoms with Crippen LogP contribution in [-0.4, -0.2) is 75.7 Å². The highest BCUT2D eigenvalue weighted by Crippen LogP contribution is 2.34. The maximum Gasteiger partial charge on any atom is 0.164 e. The number of hydrogen-bond acceptors (Lipinski definition) is 9. The number of phenolic OH excluding ortho intramolecular Hbond substituents is 1. The Bertz CT molecular complexity index is 1840. The number of hydrogen-bond donors (Lipinski definition) is 4. The van der Waals surface area contributed by atoms with E-state index < -0.39 is 5.82 Å². The zero-order valence-electron chi connectivity index (χ0n) is 22.6. The number of phenols is 1. The molecule has 0 spiro atoms. The standard InChI is InChI=1S/C30H29FN8O3/c31-22-11-20(13-24(42)14-22)27-26-29(32)34-18-35-30(26)39(36-27)17-21-12-23-3-1-2-6-38(23)28(21)25-5-4-19(15-33-25)16-37(7-9-40)8-10-41/h1-6,11-15,18,40-42H,7-10,16-17H2,(H2,32,34,35). The minimum Gasteiger partial charge on any atom is -0.508 e. The molecular formula is C30H29FN8O3. The van der Waals surface area contributed by atoms with Gasteiger partial charge in [-0.3, -0.25) is 9.88 Å². The number of halogens is 1. The van der Waals surface area contributed by atoms with Gasteiger partial charge >= 0.3 is 0 Å². The van der Waals surface area contributed by atoms with Crippen molar-refractivity contribution in [2.24, 2.45) is 0 Å². The molecule has 6 aromatic rings. The third kappa shape index (κ3) is 5.26. The molecular weight excluding hydrogens is 539 g/mol. The van der Waals surface area contributed by atoms with E-state index in [-0.39, 0.29) is 24.8 Å². The Hall–Kier alpha value is -4.91. The monoisotopic (exact) mass is 568 g/mol. The molecule has 12 heteroatoms. The average Bonchev–Trinajstić information content (AvgIpc) is 3.52. The van der Waals surface area contributed by atoms with Crippen LogP contribution in [0.4, 0.5) is 10.2 Å². The Morgan fingerprint density at radius 1 is 0.952 bits per heavy atom. The summed E-state index contributed by atoms with van der Waals surface area (Å²) in [7, 11) is 0. The van der Waals surface area contributed by atoms with Gasteiger partial charge in [-0.05, 0) is 42.0 Å². The minimum absolute atomic E-state index is 0.00574. The SMILES string of the molecule is Nc1ncnc2c1c(-c1cc(O)cc(F)c1)nn2Cc1cc2ccccn2c1-c1ccc(CN(CCO)CCO)cn1. The first-order valence-electron chi connectivity index (χ1n) is 13.4. The molecule has 0 atom stereocenters. The smallest absolute Gasteiger partial charge is 0.164 e. The van der Waals surface area contributed by atoms with Crippen LogP contribution in [0.3, 0.4) is 0 Å². The predicted octanol–water partition coefficient (Wildman–Crippen LogP) is 3.07. The molecule has 0 radical (unpaired) electrons. The Balaban J connectivity index is 1.42. The number of fused-ring (bicyclic) bond motifs is 2. The second-order valence-corrected chi connectivity index (χ2v) is 9.95. The lowest BCUT2D eigenvalue weighted by Gasteiger charge is -2.20. The number of anilines is 1. The van der Waals surface area contributed by atoms with Crippen molar-refractivity contribution in [1.82, 2.24) is 34.0 Å². The van der Waals surface area contributed by atoms with E-state index in [1.807, 2.05) is 41.4 Å². The average molecular weight is 569 g/mol. The molecule has 0 saturated heterocycles. The molecule has 0 bridgehead atoms. The van der Waals surface area contributed by atoms with Gasteiger partial charge in [0.25, 0.3) is 0 Å². The van der Waals surface area contributed by atoms with Crippen LogP contribution < -0.4 is 5.73 Å². The van der Waals surface area contributed by atoms with Gasteiger partial charge in [0.15, 0.2) is 5.65 Å². The fourth-order valence-corrected chi connectivity index (χ4v) is 5.27. The number of nitrogens with two attached hydrogens (primary N) is 1. The van der Waals surface area contributed by atoms with Gasteiger partial charge in [0.05, 0.1) is 36.5 Å². The molecule has 5 aromatic heterocycles. The van der Waals surface area contributed by atoms with Crippen molar-refractivity contribution < 1.29 is 19.7 Å². The van der Waals surface area contributed by atoms with Crippen LogP contribution in [0.1, 0.15) is 11.1 Å². The third-order valence-electron chi connectivity index (χ3n) is 7.10. The number of aliphatic hydroxyl groups excluding tert-OH is 2. The molecule has 0 aliphatic carbocycles. The number of aliphatic hydroxyl groups is 2. The highest BCUT2D eigenvalue weighted by molar-refractivity contribution is 5.98. The van der Waals surface area contributed by atoms with Gasteiger partial charge in [-0.1, -0.05) is 12.1 Å². The maximum atomic E-state index is 14.2. The Morgan fingerprint density at radius 2 is 1.79 bits per heavy atom. The molecule has 0 aliphatic rings. The second-order valence-electron chi connectivity index (χ2n) is 9.95. The van der Waals surface area contributed by atoms with Crippen molar-refractivity contribution in [3.8, 4) is 28.4 Å². The normalized spacial score (nSPS) is 11.7. The Morgan fingerprint density at radius 3 is 2.52 bits per heavy atom. The van der Waals surface area contributed by atoms with Crippen LogP contribution in [-0.2, 0) is 13.1 Å². The van der Waals surface area contributed by atoms with Crippen LogP contribution in [0.5, 0.6) is 5.75 Å². The summed E-state index contributed by atoms with van der Waals surface area (Å²) in [6, 6.07) is 15.6. The number of nitrogens with zero attached hydrogens (tertiary/aromatic N) is 7. The number of aromatic hydroxyl groups is 1. The predicted molar refractivity (Wildman–Crippen MR) is 156 cm³/mol. The van der Waals surface area contributed by atoms with Crippen LogP contribution in [0, 0.1) is 5.82 Å². The van der Waals surface area contributed by atoms with Gasteiger partial charge in [0, 0.05) is 54.7 Å². The number of pyridine rings is 2. The zero-order chi connectivity index (χ0) is 29.2. The number of benzene rings is 1. The van der Waals surface area contributed by atoms with E-state index in [2.05, 4.69) is 20.4 Å². The van der Waals surface area contributed by atoms with Crippen LogP contribution in [0.2, 0.25) is 0 Å². The Labute approximate surface area is 240 Å². The highest BCUT2D eigenvalue weighted by Gasteiger charge is 2.21. The molecule has 0 aliphatic heterocycles. The van der Waals surface area contributed by atoms with Crippen molar-refractivity contribution in [1.29, 1.82) is 0 Å². The van der Waals surface area contributed by atoms with E-state index in [1.165, 1.54) is 18.5 Å². The lowest BCUT2D eigenvalue weighted by molar-refractivity contribution is 0.156. The molecule has 11 nitrogen and oxygen atoms in total. The lowest BCUT2D eigenvalue weighted by Crippen LogP contribution is -2.29. The highest BCUT2D eigenvalue weighted by atomic mass is 19.1. The molecule has 5 heterocycles. The van der Waals surface area contributed by atoms with Crippen LogP contribution in [0.15, 0.2) is 73.3 Å². The third-order valence-corrected chi connectivity index (χ3v) is 7.10. The molecule has 0 amide bonds. The van der Waals surface area contributed by atoms with Crippen LogP contribution in [0.25, 0.3) is 39.2 Å². The van der Waals surface area contributed by atoms with E-state index in [9.17, 15) is 19.7 Å². The summed E-state index contributed by atoms with van der Waals surface area (Å²) in [5, 5.41) is 33.9. The summed E-state index contributed by atoms with van der Waals surface area (Å²) in [6.45, 7) is 1.78. The number of aromatic nitrogens is 6. The first kappa shape index (κ1) is 27.3. The molecule has 5 N–H and O–H groups in total. The van der Waals surface area contributed by atoms with E-state index in [1.54, 1.807) is 10.9 Å². The molecule has 214 valence electrons. The lowest BCUT2D eigenvalue weighted by atomic mass is 10.1. The maximum absolute atomic E-state index is 14.2. The van der Waals surface area contributed by atoms with Gasteiger partial charge in [-0.15, -0.1) is 0 Å². The summed E-state index contributed by atoms with van der Waals surface area (Å²) < 4.78 is 18.0. The summed E-state index contributed by atoms with van der Waals surface area (Å²) in [5.41, 5.74) is 11.9. The van der Waals surface area contributed by atoms with Gasteiger partial charge in [0.1, 0.15) is 29.4 Å². The molecule has 6 rings (SSSR count). The molecule has 0 saturated carbocycles. The molecule has 0 unspecified atom stereocenters. The summed E-state index contributed by atoms with van der Waals surface area (Å²) in [5.74, 6) is -0.634. The van der Waals surface area contributed by atoms with E-state index in [0.717, 1.165) is 34.1 Å². The summed E-state index contributed by atoms with van der Waals surface area (Å²) in [6.07, 6.45) is 5.13. The summed E-state index contributed by atoms with van der Waals surface area (Å²) in [4.78, 5) is 15.3. The van der Waals surface area contributed by atoms with Crippen LogP contribution >= 0.6 is 0 Å². The van der Waals surface area contributed by atoms with E-state index in [4.69, 9.17) is 15.8 Å². The van der Waals surface area contributed by atoms with Crippen molar-refractivity contribution in [3.63, 3.8) is 0 Å². The van der Waals surface area contributed by atoms with Crippen molar-refractivity contribution >= 4 is 22.4 Å². The van der Waals surface area contributed by atoms with E-state index >= 15 is 0 Å². The topological polar surface area (TPSA) is 151 Å². The minimum atomic E-state index is -0.602. The van der Waals surface area contributed by atoms with Crippen molar-refractivity contribution in [3.05, 3.63) is 90.3 Å². The van der Waals surface area contributed by atoms with Gasteiger partial charge in [-0.2, -0.15) is 5.10 Å². The van der Waals surface area contributed by atoms with Crippen molar-refractivity contribution in [2.75, 3.05) is 32.0 Å². The van der Waals surface area contributed by atoms with Crippen molar-refractivity contribution in [2.45, 2.75) is 13.1 Å². The quantitative estimate of drug-likeness (QED) is 0.195. The fourth-order valence-electron chi connectivity index (χ4n) is 5.27. The first-order chi connectivity index (χ1) is 20.4. The van der Waals surface area contributed by atoms with Gasteiger partial charge in [0.2, 0.25) is 0 Å². The summed E-state index contributed by atoms with van der Waals surface area (Å²) >= 11 is 0. The second kappa shape index (κ2) is 11.5. The Kier molecular flexibility index (Phi) is 7.48. The number of rotatable bonds is 10. The molecule has 1 aromatic carbocycles. The van der Waals surface area contributed by atoms with E-state index in [0.29, 0.717) is 48.5 Å². The fraction of sp³-hybridized carbons (Fsp3) is 0.200. The molecule has 0 fully saturated rings. The largest absolute Gasteiger partial charge is 0.508 e. The zero-order valence-corrected chi connectivity index (χ0v) is 22.6. The molecule has 42 heavy (non-hydrogen) atoms.